The maximum atomic E-state index is 12.5. The van der Waals surface area contributed by atoms with E-state index >= 15 is 0 Å². The van der Waals surface area contributed by atoms with Crippen LogP contribution in [0.1, 0.15) is 26.3 Å². The fourth-order valence-corrected chi connectivity index (χ4v) is 3.58. The van der Waals surface area contributed by atoms with Crippen LogP contribution in [0, 0.1) is 23.0 Å². The van der Waals surface area contributed by atoms with Gasteiger partial charge in [-0.15, -0.1) is 0 Å². The van der Waals surface area contributed by atoms with Crippen LogP contribution in [0.5, 0.6) is 0 Å². The Bertz CT molecular complexity index is 643. The number of hydrogen-bond donors (Lipinski definition) is 2. The minimum Gasteiger partial charge on any atom is -0.329 e. The van der Waals surface area contributed by atoms with E-state index in [0.29, 0.717) is 5.56 Å². The van der Waals surface area contributed by atoms with Crippen molar-refractivity contribution in [2.75, 3.05) is 6.54 Å². The molecule has 0 aliphatic heterocycles. The molecule has 21 heavy (non-hydrogen) atoms. The van der Waals surface area contributed by atoms with Crippen molar-refractivity contribution in [2.24, 2.45) is 11.7 Å². The predicted molar refractivity (Wildman–Crippen MR) is 80.5 cm³/mol. The number of non-ortho nitro benzene ring substituents is 1. The average molecular weight is 315 g/mol. The van der Waals surface area contributed by atoms with Gasteiger partial charge in [-0.25, -0.2) is 13.1 Å². The first-order valence-corrected chi connectivity index (χ1v) is 8.01. The summed E-state index contributed by atoms with van der Waals surface area (Å²) < 4.78 is 27.6. The predicted octanol–water partition coefficient (Wildman–Crippen LogP) is 1.55. The summed E-state index contributed by atoms with van der Waals surface area (Å²) in [6.45, 7) is 7.15. The molecule has 1 unspecified atom stereocenters. The van der Waals surface area contributed by atoms with Crippen molar-refractivity contribution in [3.8, 4) is 0 Å². The van der Waals surface area contributed by atoms with Gasteiger partial charge < -0.3 is 5.73 Å². The second-order valence-electron chi connectivity index (χ2n) is 5.59. The number of nitrogens with two attached hydrogens (primary N) is 1. The van der Waals surface area contributed by atoms with Gasteiger partial charge in [-0.2, -0.15) is 0 Å². The van der Waals surface area contributed by atoms with Gasteiger partial charge in [0.05, 0.1) is 9.82 Å². The Balaban J connectivity index is 3.23. The van der Waals surface area contributed by atoms with Crippen LogP contribution in [-0.4, -0.2) is 25.4 Å². The molecule has 7 nitrogen and oxygen atoms in total. The third-order valence-corrected chi connectivity index (χ3v) is 5.50. The van der Waals surface area contributed by atoms with E-state index in [-0.39, 0.29) is 23.0 Å². The summed E-state index contributed by atoms with van der Waals surface area (Å²) in [5.74, 6) is -0.00405. The maximum Gasteiger partial charge on any atom is 0.269 e. The Hall–Kier alpha value is -1.51. The minimum absolute atomic E-state index is 0.00405. The van der Waals surface area contributed by atoms with Gasteiger partial charge in [0.1, 0.15) is 0 Å². The highest BCUT2D eigenvalue weighted by Gasteiger charge is 2.33. The molecule has 0 saturated heterocycles. The molecular formula is C13H21N3O4S. The van der Waals surface area contributed by atoms with Crippen LogP contribution in [0.15, 0.2) is 23.1 Å². The number of sulfonamides is 1. The molecule has 118 valence electrons. The first-order valence-electron chi connectivity index (χ1n) is 6.52. The van der Waals surface area contributed by atoms with E-state index in [9.17, 15) is 18.5 Å². The number of hydrogen-bond acceptors (Lipinski definition) is 5. The van der Waals surface area contributed by atoms with Gasteiger partial charge in [0, 0.05) is 24.2 Å². The summed E-state index contributed by atoms with van der Waals surface area (Å²) in [5, 5.41) is 10.7. The second-order valence-corrected chi connectivity index (χ2v) is 7.24. The molecule has 0 amide bonds. The van der Waals surface area contributed by atoms with Gasteiger partial charge >= 0.3 is 0 Å². The zero-order valence-electron chi connectivity index (χ0n) is 12.6. The lowest BCUT2D eigenvalue weighted by atomic mass is 9.90. The van der Waals surface area contributed by atoms with E-state index < -0.39 is 20.5 Å². The zero-order chi connectivity index (χ0) is 16.4. The third kappa shape index (κ3) is 3.78. The lowest BCUT2D eigenvalue weighted by molar-refractivity contribution is -0.385. The van der Waals surface area contributed by atoms with Gasteiger partial charge in [-0.1, -0.05) is 13.8 Å². The molecule has 1 aromatic carbocycles. The van der Waals surface area contributed by atoms with Crippen LogP contribution in [-0.2, 0) is 10.0 Å². The molecule has 0 radical (unpaired) electrons. The monoisotopic (exact) mass is 315 g/mol. The molecule has 0 spiro atoms. The summed E-state index contributed by atoms with van der Waals surface area (Å²) in [7, 11) is -3.80. The standard InChI is InChI=1S/C13H21N3O4S/c1-9(2)13(4,8-14)15-21(19,20)12-6-5-11(16(17)18)7-10(12)3/h5-7,9,15H,8,14H2,1-4H3. The molecule has 0 aliphatic rings. The number of aryl methyl sites for hydroxylation is 1. The topological polar surface area (TPSA) is 115 Å². The van der Waals surface area contributed by atoms with E-state index in [2.05, 4.69) is 4.72 Å². The normalized spacial score (nSPS) is 15.0. The number of nitrogens with one attached hydrogen (secondary N) is 1. The molecular weight excluding hydrogens is 294 g/mol. The number of nitrogens with zero attached hydrogens (tertiary/aromatic N) is 1. The second kappa shape index (κ2) is 6.08. The van der Waals surface area contributed by atoms with Gasteiger partial charge in [-0.3, -0.25) is 10.1 Å². The van der Waals surface area contributed by atoms with Crippen LogP contribution in [0.3, 0.4) is 0 Å². The highest BCUT2D eigenvalue weighted by molar-refractivity contribution is 7.89. The van der Waals surface area contributed by atoms with Crippen molar-refractivity contribution >= 4 is 15.7 Å². The Labute approximate surface area is 124 Å². The Kier molecular flexibility index (Phi) is 5.08. The van der Waals surface area contributed by atoms with E-state index in [1.807, 2.05) is 13.8 Å². The van der Waals surface area contributed by atoms with Crippen LogP contribution in [0.4, 0.5) is 5.69 Å². The Morgan fingerprint density at radius 2 is 2.00 bits per heavy atom. The van der Waals surface area contributed by atoms with Gasteiger partial charge in [0.25, 0.3) is 5.69 Å². The van der Waals surface area contributed by atoms with Crippen molar-refractivity contribution in [1.29, 1.82) is 0 Å². The molecule has 0 fully saturated rings. The third-order valence-electron chi connectivity index (χ3n) is 3.72. The maximum absolute atomic E-state index is 12.5. The zero-order valence-corrected chi connectivity index (χ0v) is 13.4. The summed E-state index contributed by atoms with van der Waals surface area (Å²) in [6, 6.07) is 3.66. The van der Waals surface area contributed by atoms with E-state index in [4.69, 9.17) is 5.73 Å². The SMILES string of the molecule is Cc1cc([N+](=O)[O-])ccc1S(=O)(=O)NC(C)(CN)C(C)C. The van der Waals surface area contributed by atoms with Crippen molar-refractivity contribution in [3.63, 3.8) is 0 Å². The molecule has 1 atom stereocenters. The molecule has 0 heterocycles. The fraction of sp³-hybridized carbons (Fsp3) is 0.538. The molecule has 0 saturated carbocycles. The molecule has 3 N–H and O–H groups in total. The molecule has 1 rings (SSSR count). The minimum atomic E-state index is -3.80. The lowest BCUT2D eigenvalue weighted by Crippen LogP contribution is -2.54. The molecule has 1 aromatic rings. The van der Waals surface area contributed by atoms with Crippen molar-refractivity contribution in [1.82, 2.24) is 4.72 Å². The van der Waals surface area contributed by atoms with Crippen LogP contribution < -0.4 is 10.5 Å². The van der Waals surface area contributed by atoms with Crippen LogP contribution >= 0.6 is 0 Å². The Morgan fingerprint density at radius 1 is 1.43 bits per heavy atom. The number of rotatable bonds is 6. The highest BCUT2D eigenvalue weighted by Crippen LogP contribution is 2.24. The van der Waals surface area contributed by atoms with Gasteiger partial charge in [-0.05, 0) is 31.4 Å². The van der Waals surface area contributed by atoms with E-state index in [1.165, 1.54) is 25.1 Å². The first-order chi connectivity index (χ1) is 9.53. The molecule has 0 aromatic heterocycles. The largest absolute Gasteiger partial charge is 0.329 e. The number of benzene rings is 1. The van der Waals surface area contributed by atoms with Gasteiger partial charge in [0.2, 0.25) is 10.0 Å². The molecule has 0 aliphatic carbocycles. The van der Waals surface area contributed by atoms with Crippen molar-refractivity contribution in [3.05, 3.63) is 33.9 Å². The molecule has 8 heteroatoms. The molecule has 0 bridgehead atoms. The fourth-order valence-electron chi connectivity index (χ4n) is 1.81. The van der Waals surface area contributed by atoms with E-state index in [0.717, 1.165) is 0 Å². The van der Waals surface area contributed by atoms with Crippen molar-refractivity contribution < 1.29 is 13.3 Å². The number of nitro benzene ring substituents is 1. The smallest absolute Gasteiger partial charge is 0.269 e. The highest BCUT2D eigenvalue weighted by atomic mass is 32.2. The van der Waals surface area contributed by atoms with Crippen LogP contribution in [0.25, 0.3) is 0 Å². The lowest BCUT2D eigenvalue weighted by Gasteiger charge is -2.33. The summed E-state index contributed by atoms with van der Waals surface area (Å²) >= 11 is 0. The summed E-state index contributed by atoms with van der Waals surface area (Å²) in [6.07, 6.45) is 0. The Morgan fingerprint density at radius 3 is 2.38 bits per heavy atom. The summed E-state index contributed by atoms with van der Waals surface area (Å²) in [4.78, 5) is 10.2. The van der Waals surface area contributed by atoms with Crippen LogP contribution in [0.2, 0.25) is 0 Å². The van der Waals surface area contributed by atoms with Crippen molar-refractivity contribution in [2.45, 2.75) is 38.1 Å². The average Bonchev–Trinajstić information content (AvgIpc) is 2.37. The quantitative estimate of drug-likeness (QED) is 0.610. The van der Waals surface area contributed by atoms with E-state index in [1.54, 1.807) is 6.92 Å². The summed E-state index contributed by atoms with van der Waals surface area (Å²) in [5.41, 5.74) is 5.07. The van der Waals surface area contributed by atoms with Gasteiger partial charge in [0.15, 0.2) is 0 Å². The first kappa shape index (κ1) is 17.5. The number of nitro groups is 1.